The van der Waals surface area contributed by atoms with Gasteiger partial charge in [0.05, 0.1) is 21.9 Å². The molecule has 0 atom stereocenters. The van der Waals surface area contributed by atoms with Crippen LogP contribution < -0.4 is 5.32 Å². The van der Waals surface area contributed by atoms with E-state index in [9.17, 15) is 0 Å². The molecule has 0 aliphatic carbocycles. The summed E-state index contributed by atoms with van der Waals surface area (Å²) in [6.07, 6.45) is 1.92. The van der Waals surface area contributed by atoms with Crippen LogP contribution in [0.5, 0.6) is 0 Å². The SMILES string of the molecule is CC1(C)C=Nc2cc(I)c(Cl)cc2N1. The maximum absolute atomic E-state index is 6.04. The molecular weight excluding hydrogens is 310 g/mol. The van der Waals surface area contributed by atoms with Crippen LogP contribution in [0.15, 0.2) is 17.1 Å². The van der Waals surface area contributed by atoms with E-state index < -0.39 is 0 Å². The summed E-state index contributed by atoms with van der Waals surface area (Å²) in [5.41, 5.74) is 1.87. The number of hydrogen-bond acceptors (Lipinski definition) is 2. The molecule has 1 aliphatic heterocycles. The molecule has 4 heteroatoms. The van der Waals surface area contributed by atoms with Crippen LogP contribution >= 0.6 is 34.2 Å². The Bertz CT molecular complexity index is 413. The molecule has 1 heterocycles. The van der Waals surface area contributed by atoms with Crippen molar-refractivity contribution in [3.8, 4) is 0 Å². The van der Waals surface area contributed by atoms with E-state index in [1.807, 2.05) is 18.3 Å². The highest BCUT2D eigenvalue weighted by molar-refractivity contribution is 14.1. The van der Waals surface area contributed by atoms with Crippen LogP contribution in [-0.4, -0.2) is 11.8 Å². The number of fused-ring (bicyclic) bond motifs is 1. The van der Waals surface area contributed by atoms with Crippen molar-refractivity contribution < 1.29 is 0 Å². The molecule has 0 radical (unpaired) electrons. The van der Waals surface area contributed by atoms with Gasteiger partial charge >= 0.3 is 0 Å². The molecule has 0 saturated heterocycles. The molecule has 2 rings (SSSR count). The van der Waals surface area contributed by atoms with Gasteiger partial charge in [-0.2, -0.15) is 0 Å². The third kappa shape index (κ3) is 1.88. The highest BCUT2D eigenvalue weighted by Crippen LogP contribution is 2.36. The molecule has 1 N–H and O–H groups in total. The Balaban J connectivity index is 2.52. The summed E-state index contributed by atoms with van der Waals surface area (Å²) in [6, 6.07) is 3.91. The summed E-state index contributed by atoms with van der Waals surface area (Å²) in [6.45, 7) is 4.15. The predicted molar refractivity (Wildman–Crippen MR) is 70.0 cm³/mol. The van der Waals surface area contributed by atoms with Crippen LogP contribution in [0, 0.1) is 3.57 Å². The molecule has 0 aromatic heterocycles. The van der Waals surface area contributed by atoms with Crippen molar-refractivity contribution in [3.63, 3.8) is 0 Å². The van der Waals surface area contributed by atoms with Gasteiger partial charge in [0, 0.05) is 9.78 Å². The molecule has 0 saturated carbocycles. The zero-order chi connectivity index (χ0) is 10.3. The summed E-state index contributed by atoms with van der Waals surface area (Å²) in [4.78, 5) is 4.40. The number of rotatable bonds is 0. The topological polar surface area (TPSA) is 24.4 Å². The van der Waals surface area contributed by atoms with Crippen molar-refractivity contribution in [3.05, 3.63) is 20.7 Å². The first-order valence-corrected chi connectivity index (χ1v) is 5.76. The molecule has 1 aromatic rings. The van der Waals surface area contributed by atoms with Crippen molar-refractivity contribution in [1.29, 1.82) is 0 Å². The zero-order valence-corrected chi connectivity index (χ0v) is 10.8. The second-order valence-electron chi connectivity index (χ2n) is 3.89. The van der Waals surface area contributed by atoms with Crippen LogP contribution in [0.1, 0.15) is 13.8 Å². The molecule has 2 nitrogen and oxygen atoms in total. The summed E-state index contributed by atoms with van der Waals surface area (Å²) < 4.78 is 1.03. The van der Waals surface area contributed by atoms with E-state index in [1.54, 1.807) is 0 Å². The number of nitrogens with zero attached hydrogens (tertiary/aromatic N) is 1. The minimum atomic E-state index is -0.0941. The van der Waals surface area contributed by atoms with E-state index in [4.69, 9.17) is 11.6 Å². The molecule has 1 aromatic carbocycles. The molecule has 14 heavy (non-hydrogen) atoms. The number of aliphatic imine (C=N–C) groups is 1. The summed E-state index contributed by atoms with van der Waals surface area (Å²) in [7, 11) is 0. The first-order valence-electron chi connectivity index (χ1n) is 4.30. The van der Waals surface area contributed by atoms with Crippen molar-refractivity contribution in [1.82, 2.24) is 0 Å². The van der Waals surface area contributed by atoms with Gasteiger partial charge in [-0.25, -0.2) is 0 Å². The van der Waals surface area contributed by atoms with E-state index >= 15 is 0 Å². The molecule has 0 amide bonds. The third-order valence-corrected chi connectivity index (χ3v) is 3.55. The van der Waals surface area contributed by atoms with E-state index in [0.29, 0.717) is 0 Å². The van der Waals surface area contributed by atoms with Crippen LogP contribution in [0.25, 0.3) is 0 Å². The van der Waals surface area contributed by atoms with Gasteiger partial charge in [0.2, 0.25) is 0 Å². The first-order chi connectivity index (χ1) is 6.48. The number of anilines is 1. The van der Waals surface area contributed by atoms with Crippen molar-refractivity contribution in [2.24, 2.45) is 4.99 Å². The molecule has 0 unspecified atom stereocenters. The second kappa shape index (κ2) is 3.38. The van der Waals surface area contributed by atoms with Gasteiger partial charge in [-0.1, -0.05) is 11.6 Å². The first kappa shape index (κ1) is 10.2. The van der Waals surface area contributed by atoms with Crippen molar-refractivity contribution in [2.75, 3.05) is 5.32 Å². The van der Waals surface area contributed by atoms with Gasteiger partial charge in [-0.15, -0.1) is 0 Å². The Morgan fingerprint density at radius 2 is 2.14 bits per heavy atom. The maximum atomic E-state index is 6.04. The predicted octanol–water partition coefficient (Wildman–Crippen LogP) is 3.85. The summed E-state index contributed by atoms with van der Waals surface area (Å²) in [5, 5.41) is 4.14. The smallest absolute Gasteiger partial charge is 0.0869 e. The quantitative estimate of drug-likeness (QED) is 0.721. The van der Waals surface area contributed by atoms with Crippen molar-refractivity contribution >= 4 is 51.8 Å². The Labute approximate surface area is 102 Å². The lowest BCUT2D eigenvalue weighted by Crippen LogP contribution is -2.34. The van der Waals surface area contributed by atoms with E-state index in [0.717, 1.165) is 20.0 Å². The highest BCUT2D eigenvalue weighted by atomic mass is 127. The van der Waals surface area contributed by atoms with E-state index in [-0.39, 0.29) is 5.54 Å². The summed E-state index contributed by atoms with van der Waals surface area (Å²) >= 11 is 8.25. The van der Waals surface area contributed by atoms with Gasteiger partial charge in [0.15, 0.2) is 0 Å². The van der Waals surface area contributed by atoms with Gasteiger partial charge in [0.25, 0.3) is 0 Å². The molecule has 0 bridgehead atoms. The van der Waals surface area contributed by atoms with Crippen molar-refractivity contribution in [2.45, 2.75) is 19.4 Å². The number of nitrogens with one attached hydrogen (secondary N) is 1. The fourth-order valence-corrected chi connectivity index (χ4v) is 1.97. The van der Waals surface area contributed by atoms with Crippen LogP contribution in [0.2, 0.25) is 5.02 Å². The number of halogens is 2. The maximum Gasteiger partial charge on any atom is 0.0869 e. The van der Waals surface area contributed by atoms with Crippen LogP contribution in [0.4, 0.5) is 11.4 Å². The largest absolute Gasteiger partial charge is 0.373 e. The van der Waals surface area contributed by atoms with Gasteiger partial charge in [-0.3, -0.25) is 4.99 Å². The molecule has 0 spiro atoms. The average molecular weight is 321 g/mol. The minimum absolute atomic E-state index is 0.0941. The Morgan fingerprint density at radius 1 is 1.43 bits per heavy atom. The van der Waals surface area contributed by atoms with E-state index in [1.165, 1.54) is 0 Å². The van der Waals surface area contributed by atoms with Gasteiger partial charge < -0.3 is 5.32 Å². The van der Waals surface area contributed by atoms with Gasteiger partial charge in [-0.05, 0) is 48.6 Å². The zero-order valence-electron chi connectivity index (χ0n) is 7.94. The fourth-order valence-electron chi connectivity index (χ4n) is 1.35. The van der Waals surface area contributed by atoms with Gasteiger partial charge in [0.1, 0.15) is 0 Å². The van der Waals surface area contributed by atoms with E-state index in [2.05, 4.69) is 46.7 Å². The van der Waals surface area contributed by atoms with Crippen LogP contribution in [0.3, 0.4) is 0 Å². The highest BCUT2D eigenvalue weighted by Gasteiger charge is 2.21. The number of hydrogen-bond donors (Lipinski definition) is 1. The second-order valence-corrected chi connectivity index (χ2v) is 5.46. The number of benzene rings is 1. The Hall–Kier alpha value is -0.290. The Morgan fingerprint density at radius 3 is 2.86 bits per heavy atom. The standard InChI is InChI=1S/C10H10ClIN2/c1-10(2)5-13-8-4-7(12)6(11)3-9(8)14-10/h3-5,14H,1-2H3. The Kier molecular flexibility index (Phi) is 2.47. The lowest BCUT2D eigenvalue weighted by atomic mass is 10.0. The monoisotopic (exact) mass is 320 g/mol. The summed E-state index contributed by atoms with van der Waals surface area (Å²) in [5.74, 6) is 0. The normalized spacial score (nSPS) is 17.4. The molecule has 0 fully saturated rings. The lowest BCUT2D eigenvalue weighted by molar-refractivity contribution is 0.769. The minimum Gasteiger partial charge on any atom is -0.373 e. The molecular formula is C10H10ClIN2. The molecule has 74 valence electrons. The van der Waals surface area contributed by atoms with Crippen LogP contribution in [-0.2, 0) is 0 Å². The lowest BCUT2D eigenvalue weighted by Gasteiger charge is -2.28. The fraction of sp³-hybridized carbons (Fsp3) is 0.300. The molecule has 1 aliphatic rings. The average Bonchev–Trinajstić information content (AvgIpc) is 2.07. The third-order valence-electron chi connectivity index (χ3n) is 2.02.